The Balaban J connectivity index is 1.87. The molecule has 0 aliphatic carbocycles. The van der Waals surface area contributed by atoms with Crippen LogP contribution < -0.4 is 4.74 Å². The smallest absolute Gasteiger partial charge is 0.133 e. The highest BCUT2D eigenvalue weighted by molar-refractivity contribution is 9.10. The largest absolute Gasteiger partial charge is 0.490 e. The van der Waals surface area contributed by atoms with Crippen molar-refractivity contribution < 1.29 is 9.84 Å². The summed E-state index contributed by atoms with van der Waals surface area (Å²) >= 11 is 9.18. The van der Waals surface area contributed by atoms with Gasteiger partial charge in [0.2, 0.25) is 0 Å². The maximum absolute atomic E-state index is 9.80. The Morgan fingerprint density at radius 1 is 1.50 bits per heavy atom. The maximum Gasteiger partial charge on any atom is 0.133 e. The number of ether oxygens (including phenoxy) is 1. The van der Waals surface area contributed by atoms with Crippen LogP contribution in [0.25, 0.3) is 0 Å². The molecule has 1 atom stereocenters. The van der Waals surface area contributed by atoms with Crippen LogP contribution in [0.5, 0.6) is 5.75 Å². The first kappa shape index (κ1) is 13.4. The summed E-state index contributed by atoms with van der Waals surface area (Å²) in [6.45, 7) is 0.596. The minimum absolute atomic E-state index is 0.195. The third kappa shape index (κ3) is 3.73. The minimum atomic E-state index is -0.618. The van der Waals surface area contributed by atoms with Crippen molar-refractivity contribution in [3.05, 3.63) is 46.2 Å². The van der Waals surface area contributed by atoms with E-state index in [2.05, 4.69) is 21.0 Å². The summed E-state index contributed by atoms with van der Waals surface area (Å²) < 4.78 is 7.93. The summed E-state index contributed by atoms with van der Waals surface area (Å²) in [6, 6.07) is 7.05. The van der Waals surface area contributed by atoms with Crippen LogP contribution in [-0.4, -0.2) is 27.6 Å². The Hall–Kier alpha value is -1.04. The number of rotatable bonds is 5. The number of hydrogen-bond donors (Lipinski definition) is 1. The Morgan fingerprint density at radius 3 is 3.00 bits per heavy atom. The number of halogens is 2. The van der Waals surface area contributed by atoms with Gasteiger partial charge in [-0.15, -0.1) is 0 Å². The summed E-state index contributed by atoms with van der Waals surface area (Å²) in [6.07, 6.45) is 2.85. The Morgan fingerprint density at radius 2 is 2.33 bits per heavy atom. The molecule has 4 nitrogen and oxygen atoms in total. The van der Waals surface area contributed by atoms with Crippen LogP contribution in [-0.2, 0) is 6.54 Å². The molecule has 0 saturated heterocycles. The highest BCUT2D eigenvalue weighted by Crippen LogP contribution is 2.27. The van der Waals surface area contributed by atoms with Gasteiger partial charge in [0, 0.05) is 17.4 Å². The van der Waals surface area contributed by atoms with Gasteiger partial charge in [0.05, 0.1) is 11.0 Å². The molecule has 1 aromatic heterocycles. The van der Waals surface area contributed by atoms with E-state index in [9.17, 15) is 5.11 Å². The molecular weight excluding hydrogens is 320 g/mol. The number of hydrogen-bond acceptors (Lipinski definition) is 3. The molecule has 0 bridgehead atoms. The van der Waals surface area contributed by atoms with Crippen molar-refractivity contribution in [3.8, 4) is 5.75 Å². The Kier molecular flexibility index (Phi) is 4.63. The van der Waals surface area contributed by atoms with E-state index in [1.165, 1.54) is 0 Å². The number of aromatic nitrogens is 2. The third-order valence-corrected chi connectivity index (χ3v) is 3.14. The maximum atomic E-state index is 9.80. The lowest BCUT2D eigenvalue weighted by Crippen LogP contribution is -2.23. The van der Waals surface area contributed by atoms with E-state index in [1.54, 1.807) is 35.3 Å². The van der Waals surface area contributed by atoms with Crippen LogP contribution in [0.1, 0.15) is 0 Å². The molecule has 1 N–H and O–H groups in total. The average Bonchev–Trinajstić information content (AvgIpc) is 2.80. The summed E-state index contributed by atoms with van der Waals surface area (Å²) in [5.41, 5.74) is 0. The zero-order valence-electron chi connectivity index (χ0n) is 9.46. The normalized spacial score (nSPS) is 12.4. The summed E-state index contributed by atoms with van der Waals surface area (Å²) in [5.74, 6) is 0.652. The molecule has 0 saturated carbocycles. The van der Waals surface area contributed by atoms with Crippen molar-refractivity contribution in [3.63, 3.8) is 0 Å². The molecule has 0 fully saturated rings. The standard InChI is InChI=1S/C12H12BrClN2O2/c13-11-6-9(14)2-3-12(11)18-8-10(17)7-16-5-1-4-15-16/h1-6,10,17H,7-8H2/t10-/m0/s1. The topological polar surface area (TPSA) is 47.3 Å². The second-order valence-corrected chi connectivity index (χ2v) is 5.06. The van der Waals surface area contributed by atoms with E-state index >= 15 is 0 Å². The summed E-state index contributed by atoms with van der Waals surface area (Å²) in [5, 5.41) is 14.4. The van der Waals surface area contributed by atoms with Gasteiger partial charge in [0.1, 0.15) is 18.5 Å². The molecule has 6 heteroatoms. The lowest BCUT2D eigenvalue weighted by atomic mass is 10.3. The van der Waals surface area contributed by atoms with Gasteiger partial charge < -0.3 is 9.84 Å². The van der Waals surface area contributed by atoms with Crippen molar-refractivity contribution in [1.29, 1.82) is 0 Å². The molecule has 1 aromatic carbocycles. The van der Waals surface area contributed by atoms with Gasteiger partial charge in [0.15, 0.2) is 0 Å². The van der Waals surface area contributed by atoms with Gasteiger partial charge in [-0.1, -0.05) is 11.6 Å². The molecule has 0 unspecified atom stereocenters. The highest BCUT2D eigenvalue weighted by atomic mass is 79.9. The lowest BCUT2D eigenvalue weighted by molar-refractivity contribution is 0.0890. The van der Waals surface area contributed by atoms with Crippen LogP contribution in [0.4, 0.5) is 0 Å². The quantitative estimate of drug-likeness (QED) is 0.916. The van der Waals surface area contributed by atoms with E-state index in [1.807, 2.05) is 6.07 Å². The van der Waals surface area contributed by atoms with Crippen molar-refractivity contribution >= 4 is 27.5 Å². The minimum Gasteiger partial charge on any atom is -0.490 e. The van der Waals surface area contributed by atoms with E-state index in [0.29, 0.717) is 17.3 Å². The monoisotopic (exact) mass is 330 g/mol. The van der Waals surface area contributed by atoms with E-state index in [-0.39, 0.29) is 6.61 Å². The van der Waals surface area contributed by atoms with Gasteiger partial charge in [-0.25, -0.2) is 0 Å². The molecule has 2 aromatic rings. The number of aliphatic hydroxyl groups excluding tert-OH is 1. The molecule has 0 spiro atoms. The van der Waals surface area contributed by atoms with Crippen LogP contribution in [0.3, 0.4) is 0 Å². The number of nitrogens with zero attached hydrogens (tertiary/aromatic N) is 2. The van der Waals surface area contributed by atoms with Gasteiger partial charge in [0.25, 0.3) is 0 Å². The summed E-state index contributed by atoms with van der Waals surface area (Å²) in [7, 11) is 0. The number of aliphatic hydroxyl groups is 1. The zero-order chi connectivity index (χ0) is 13.0. The van der Waals surface area contributed by atoms with Crippen LogP contribution in [0.15, 0.2) is 41.1 Å². The Bertz CT molecular complexity index is 505. The van der Waals surface area contributed by atoms with Gasteiger partial charge in [-0.05, 0) is 40.2 Å². The predicted molar refractivity (Wildman–Crippen MR) is 72.9 cm³/mol. The molecule has 1 heterocycles. The van der Waals surface area contributed by atoms with E-state index < -0.39 is 6.10 Å². The average molecular weight is 332 g/mol. The predicted octanol–water partition coefficient (Wildman–Crippen LogP) is 2.74. The van der Waals surface area contributed by atoms with E-state index in [4.69, 9.17) is 16.3 Å². The molecule has 0 radical (unpaired) electrons. The van der Waals surface area contributed by atoms with Crippen LogP contribution in [0, 0.1) is 0 Å². The molecule has 18 heavy (non-hydrogen) atoms. The van der Waals surface area contributed by atoms with Crippen molar-refractivity contribution in [1.82, 2.24) is 9.78 Å². The lowest BCUT2D eigenvalue weighted by Gasteiger charge is -2.13. The first-order chi connectivity index (χ1) is 8.65. The SMILES string of the molecule is O[C@H](COc1ccc(Cl)cc1Br)Cn1cccn1. The van der Waals surface area contributed by atoms with Gasteiger partial charge >= 0.3 is 0 Å². The first-order valence-corrected chi connectivity index (χ1v) is 6.55. The molecule has 0 amide bonds. The van der Waals surface area contributed by atoms with Gasteiger partial charge in [-0.2, -0.15) is 5.10 Å². The van der Waals surface area contributed by atoms with E-state index in [0.717, 1.165) is 4.47 Å². The highest BCUT2D eigenvalue weighted by Gasteiger charge is 2.08. The van der Waals surface area contributed by atoms with Crippen molar-refractivity contribution in [2.45, 2.75) is 12.6 Å². The molecule has 96 valence electrons. The summed E-state index contributed by atoms with van der Waals surface area (Å²) in [4.78, 5) is 0. The zero-order valence-corrected chi connectivity index (χ0v) is 11.8. The van der Waals surface area contributed by atoms with Gasteiger partial charge in [-0.3, -0.25) is 4.68 Å². The van der Waals surface area contributed by atoms with Crippen molar-refractivity contribution in [2.75, 3.05) is 6.61 Å². The van der Waals surface area contributed by atoms with Crippen LogP contribution >= 0.6 is 27.5 Å². The third-order valence-electron chi connectivity index (χ3n) is 2.28. The Labute approximate surface area is 118 Å². The second-order valence-electron chi connectivity index (χ2n) is 3.77. The fourth-order valence-corrected chi connectivity index (χ4v) is 2.25. The molecule has 0 aliphatic heterocycles. The van der Waals surface area contributed by atoms with Crippen molar-refractivity contribution in [2.24, 2.45) is 0 Å². The fraction of sp³-hybridized carbons (Fsp3) is 0.250. The van der Waals surface area contributed by atoms with Crippen LogP contribution in [0.2, 0.25) is 5.02 Å². The second kappa shape index (κ2) is 6.22. The fourth-order valence-electron chi connectivity index (χ4n) is 1.46. The molecular formula is C12H12BrClN2O2. The first-order valence-electron chi connectivity index (χ1n) is 5.38. The molecule has 2 rings (SSSR count). The molecule has 0 aliphatic rings. The number of benzene rings is 1.